The molecule has 0 N–H and O–H groups in total. The molecule has 0 amide bonds. The molecule has 16 aliphatic carbocycles. The summed E-state index contributed by atoms with van der Waals surface area (Å²) in [5.41, 5.74) is 0. The van der Waals surface area contributed by atoms with Gasteiger partial charge in [-0.15, -0.1) is 26.3 Å². The molecule has 0 atom stereocenters. The predicted octanol–water partition coefficient (Wildman–Crippen LogP) is 54.0. The number of methoxy groups -OCH3 is 1. The Bertz CT molecular complexity index is 2910. The average Bonchev–Trinajstić information content (AvgIpc) is 0.845. The van der Waals surface area contributed by atoms with E-state index in [1.165, 1.54) is 360 Å². The average molecular weight is 2070 g/mol. The summed E-state index contributed by atoms with van der Waals surface area (Å²) in [5.74, 6) is 27.9. The number of ether oxygens (including phenoxy) is 1. The van der Waals surface area contributed by atoms with Gasteiger partial charge in [0.1, 0.15) is 0 Å². The van der Waals surface area contributed by atoms with Crippen molar-refractivity contribution >= 4 is 0 Å². The van der Waals surface area contributed by atoms with Crippen LogP contribution in [0.1, 0.15) is 622 Å². The van der Waals surface area contributed by atoms with Crippen molar-refractivity contribution in [2.75, 3.05) is 7.11 Å². The Morgan fingerprint density at radius 2 is 0.292 bits per heavy atom. The highest BCUT2D eigenvalue weighted by molar-refractivity contribution is 4.99. The molecule has 0 aliphatic heterocycles. The lowest BCUT2D eigenvalue weighted by Crippen LogP contribution is -2.31. The van der Waals surface area contributed by atoms with Crippen LogP contribution in [0.15, 0.2) is 99.2 Å². The SMILES string of the molecule is C.C.C.C.C.C.C.C.C.C.C.C.C.C.C.C.C/C=C/C1CCC(C2CCC(/C=C/C)CC2)CC1.C/C=C/C1CCC(C2CCC(C)CC2)CC1.C=CC1CCC(C2CCC(/C=C/C)CC2)CC1.C=CC1CCC(C2CCC(C)CC2)CC1.C=CC1CCC(C2CCC(C=C)CC2)CC1.CC1CCC(C2CCC(C(F)(F)F)CC2)CC1.CC1CCC(C2CCC(C)CC2)CC1.COC1CCC(C2CCC(C)CC2)CC1.[HH].[HH].[HH].[HH].[HH].[HH].[HH].[HH].[HH].[HH].[HH].[HH].[HH].[HH].[HH].[HH]. The molecule has 0 saturated heterocycles. The van der Waals surface area contributed by atoms with Crippen molar-refractivity contribution in [1.82, 2.24) is 0 Å². The van der Waals surface area contributed by atoms with Crippen molar-refractivity contribution in [3.63, 3.8) is 0 Å². The normalized spacial score (nSPS) is 36.5. The molecule has 896 valence electrons. The first-order valence-electron chi connectivity index (χ1n) is 57.7. The van der Waals surface area contributed by atoms with E-state index in [0.717, 1.165) is 184 Å². The van der Waals surface area contributed by atoms with Crippen molar-refractivity contribution in [2.45, 2.75) is 611 Å². The second kappa shape index (κ2) is 87.9. The van der Waals surface area contributed by atoms with Gasteiger partial charge in [0.15, 0.2) is 0 Å². The summed E-state index contributed by atoms with van der Waals surface area (Å²) in [5, 5.41) is 0. The first-order chi connectivity index (χ1) is 62.1. The molecular formula is C140H309F3O. The highest BCUT2D eigenvalue weighted by Gasteiger charge is 2.44. The molecule has 144 heavy (non-hydrogen) atoms. The van der Waals surface area contributed by atoms with Gasteiger partial charge < -0.3 is 4.74 Å². The Hall–Kier alpha value is -2.33. The fourth-order valence-corrected chi connectivity index (χ4v) is 30.0. The first-order valence-corrected chi connectivity index (χ1v) is 57.7. The first kappa shape index (κ1) is 157. The molecule has 0 radical (unpaired) electrons. The number of halogens is 3. The van der Waals surface area contributed by atoms with Gasteiger partial charge in [-0.2, -0.15) is 13.2 Å². The molecule has 4 heteroatoms. The molecule has 16 fully saturated rings. The summed E-state index contributed by atoms with van der Waals surface area (Å²) in [6, 6.07) is 0. The van der Waals surface area contributed by atoms with Crippen LogP contribution in [0.3, 0.4) is 0 Å². The Balaban J connectivity index is -0.0000000584. The summed E-state index contributed by atoms with van der Waals surface area (Å²) >= 11 is 0. The fourth-order valence-electron chi connectivity index (χ4n) is 30.0. The number of rotatable bonds is 17. The predicted molar refractivity (Wildman–Crippen MR) is 696 cm³/mol. The molecule has 16 rings (SSSR count). The van der Waals surface area contributed by atoms with Gasteiger partial charge in [0, 0.05) is 29.9 Å². The minimum Gasteiger partial charge on any atom is -0.381 e. The van der Waals surface area contributed by atoms with Gasteiger partial charge in [0.2, 0.25) is 0 Å². The summed E-state index contributed by atoms with van der Waals surface area (Å²) in [6.45, 7) is 38.8. The molecule has 16 aliphatic rings. The van der Waals surface area contributed by atoms with Crippen LogP contribution in [0.5, 0.6) is 0 Å². The number of hydrogen-bond donors (Lipinski definition) is 0. The molecule has 0 aromatic carbocycles. The van der Waals surface area contributed by atoms with E-state index in [1.807, 2.05) is 7.11 Å². The smallest absolute Gasteiger partial charge is 0.381 e. The Labute approximate surface area is 936 Å². The highest BCUT2D eigenvalue weighted by atomic mass is 19.4. The van der Waals surface area contributed by atoms with E-state index in [-0.39, 0.29) is 142 Å². The van der Waals surface area contributed by atoms with Crippen molar-refractivity contribution in [3.8, 4) is 0 Å². The zero-order valence-electron chi connectivity index (χ0n) is 86.5. The third kappa shape index (κ3) is 56.7. The maximum Gasteiger partial charge on any atom is 0.391 e. The standard InChI is InChI=1S/C18H30.C17H28.C16H28.C16H26.C15H26.C14H23F3.C14H26O.C14H26.16CH4.16H2/c1-3-5-15-7-11-17(12-8-15)18-13-9-16(6-4-2)10-14-18;1-3-5-15-8-12-17(13-9-15)16-10-6-14(4-2)7-11-16;1-3-4-14-7-11-16(12-8-14)15-9-5-13(2)6-10-15;1-3-13-5-9-15(10-6-13)16-11-7-14(4-2)8-12-16;1-3-13-6-10-15(11-7-13)14-8-4-12(2)5-9-14;1-10-2-4-11(5-3-10)12-6-8-13(9-7-12)14(15,16)17;1-11-3-5-12(6-4-11)13-7-9-14(15-2)10-8-13;1-11-3-7-13(8-4-11)14-9-5-12(2)6-10-14;;;;;;;;;;;;;;;;;;;;;;;;;;;;;;;;/h3-6,15-18H,7-14H2,1-2H3;3-5,14-17H,2,6-13H2,1H3;3-4,13-16H,5-12H2,1-2H3;3-4,13-16H,1-2,5-12H2;3,12-15H,1,4-11H2,2H3;10-13H,2-9H2,1H3;11-14H,3-10H2,1-2H3;11-14H,3-10H2,1-2H3;16*1H4;16*1H/b5-3+,6-4+;5-3+;4-3+;;;;;;;;;;;;;;;;;;;;;;;;;;;;;;;;;;;;;. The second-order valence-electron chi connectivity index (χ2n) is 48.5. The fraction of sp³-hybridized carbons (Fsp3) is 0.886. The molecule has 0 spiro atoms. The maximum absolute atomic E-state index is 12.6. The minimum atomic E-state index is -3.95. The van der Waals surface area contributed by atoms with E-state index in [2.05, 4.69) is 168 Å². The third-order valence-electron chi connectivity index (χ3n) is 39.7. The van der Waals surface area contributed by atoms with E-state index in [0.29, 0.717) is 24.9 Å². The third-order valence-corrected chi connectivity index (χ3v) is 39.7. The van der Waals surface area contributed by atoms with Gasteiger partial charge in [-0.1, -0.05) is 310 Å². The molecule has 16 saturated carbocycles. The summed E-state index contributed by atoms with van der Waals surface area (Å²) in [4.78, 5) is 0. The lowest BCUT2D eigenvalue weighted by Gasteiger charge is -2.37. The van der Waals surface area contributed by atoms with Crippen LogP contribution in [0.2, 0.25) is 0 Å². The van der Waals surface area contributed by atoms with Gasteiger partial charge in [-0.3, -0.25) is 0 Å². The Kier molecular flexibility index (Phi) is 95.8. The molecule has 0 unspecified atom stereocenters. The Morgan fingerprint density at radius 1 is 0.181 bits per heavy atom. The van der Waals surface area contributed by atoms with Gasteiger partial charge in [-0.25, -0.2) is 0 Å². The molecular weight excluding hydrogens is 1750 g/mol. The van der Waals surface area contributed by atoms with E-state index in [1.54, 1.807) is 25.7 Å². The number of hydrogen-bond acceptors (Lipinski definition) is 1. The van der Waals surface area contributed by atoms with Crippen LogP contribution >= 0.6 is 0 Å². The zero-order valence-corrected chi connectivity index (χ0v) is 86.5. The highest BCUT2D eigenvalue weighted by Crippen LogP contribution is 2.51. The van der Waals surface area contributed by atoms with Gasteiger partial charge >= 0.3 is 6.18 Å². The molecule has 0 aromatic heterocycles. The lowest BCUT2D eigenvalue weighted by atomic mass is 9.69. The van der Waals surface area contributed by atoms with Crippen LogP contribution in [-0.2, 0) is 4.74 Å². The molecule has 0 bridgehead atoms. The van der Waals surface area contributed by atoms with Crippen LogP contribution in [0.25, 0.3) is 0 Å². The van der Waals surface area contributed by atoms with E-state index in [9.17, 15) is 13.2 Å². The Morgan fingerprint density at radius 3 is 0.403 bits per heavy atom. The summed E-state index contributed by atoms with van der Waals surface area (Å²) in [6.07, 6.45) is 114. The van der Waals surface area contributed by atoms with Crippen LogP contribution in [0, 0.1) is 183 Å². The summed E-state index contributed by atoms with van der Waals surface area (Å²) in [7, 11) is 1.87. The summed E-state index contributed by atoms with van der Waals surface area (Å²) < 4.78 is 43.1. The zero-order chi connectivity index (χ0) is 91.4. The van der Waals surface area contributed by atoms with Gasteiger partial charge in [0.05, 0.1) is 12.0 Å². The van der Waals surface area contributed by atoms with Crippen molar-refractivity contribution in [3.05, 3.63) is 99.2 Å². The van der Waals surface area contributed by atoms with Crippen molar-refractivity contribution < 1.29 is 40.7 Å². The maximum atomic E-state index is 12.6. The van der Waals surface area contributed by atoms with Crippen LogP contribution in [0.4, 0.5) is 13.2 Å². The topological polar surface area (TPSA) is 9.23 Å². The number of allylic oxidation sites excluding steroid dienone is 12. The number of alkyl halides is 3. The van der Waals surface area contributed by atoms with Gasteiger partial charge in [0.25, 0.3) is 0 Å². The largest absolute Gasteiger partial charge is 0.391 e. The van der Waals surface area contributed by atoms with E-state index in [4.69, 9.17) is 4.74 Å². The lowest BCUT2D eigenvalue weighted by molar-refractivity contribution is -0.185. The van der Waals surface area contributed by atoms with E-state index < -0.39 is 12.1 Å². The molecule has 0 heterocycles. The molecule has 1 nitrogen and oxygen atoms in total. The molecule has 0 aromatic rings. The van der Waals surface area contributed by atoms with Crippen LogP contribution < -0.4 is 0 Å². The van der Waals surface area contributed by atoms with Crippen molar-refractivity contribution in [2.24, 2.45) is 183 Å². The quantitative estimate of drug-likeness (QED) is 0.132. The van der Waals surface area contributed by atoms with Crippen LogP contribution in [-0.4, -0.2) is 19.4 Å². The van der Waals surface area contributed by atoms with Crippen molar-refractivity contribution in [1.29, 1.82) is 0 Å². The van der Waals surface area contributed by atoms with Gasteiger partial charge in [-0.05, 0) is 539 Å². The van der Waals surface area contributed by atoms with E-state index >= 15 is 0 Å². The second-order valence-corrected chi connectivity index (χ2v) is 48.5. The monoisotopic (exact) mass is 2060 g/mol. The minimum absolute atomic E-state index is 0.